The average molecular weight is 472 g/mol. The number of hydrogen-bond acceptors (Lipinski definition) is 1. The Morgan fingerprint density at radius 2 is 1.00 bits per heavy atom. The van der Waals surface area contributed by atoms with Crippen molar-refractivity contribution in [2.24, 2.45) is 5.92 Å². The van der Waals surface area contributed by atoms with Crippen LogP contribution in [-0.2, 0) is 4.74 Å². The zero-order chi connectivity index (χ0) is 19.1. The third-order valence-electron chi connectivity index (χ3n) is 5.67. The van der Waals surface area contributed by atoms with Gasteiger partial charge in [-0.05, 0) is 12.8 Å². The van der Waals surface area contributed by atoms with E-state index in [2.05, 4.69) is 20.8 Å². The second kappa shape index (κ2) is 30.4. The molecule has 1 unspecified atom stereocenters. The molecule has 0 spiro atoms. The van der Waals surface area contributed by atoms with Gasteiger partial charge < -0.3 is 28.6 Å². The first-order valence-electron chi connectivity index (χ1n) is 12.2. The van der Waals surface area contributed by atoms with Crippen molar-refractivity contribution in [2.75, 3.05) is 13.2 Å². The molecule has 0 aromatic heterocycles. The van der Waals surface area contributed by atoms with Gasteiger partial charge in [-0.15, -0.1) is 0 Å². The van der Waals surface area contributed by atoms with Crippen LogP contribution < -0.4 is 17.0 Å². The van der Waals surface area contributed by atoms with Crippen LogP contribution in [0.3, 0.4) is 0 Å². The summed E-state index contributed by atoms with van der Waals surface area (Å²) in [6.45, 7) is 10.8. The molecule has 0 aromatic carbocycles. The van der Waals surface area contributed by atoms with Gasteiger partial charge in [0.25, 0.3) is 0 Å². The summed E-state index contributed by atoms with van der Waals surface area (Å²) in [5.74, 6) is 0.913. The third kappa shape index (κ3) is 27.2. The van der Waals surface area contributed by atoms with Gasteiger partial charge in [0.2, 0.25) is 0 Å². The molecule has 0 radical (unpaired) electrons. The molecule has 3 heteroatoms. The zero-order valence-corrected chi connectivity index (χ0v) is 22.6. The Morgan fingerprint density at radius 3 is 1.29 bits per heavy atom. The first-order valence-corrected chi connectivity index (χ1v) is 12.2. The van der Waals surface area contributed by atoms with Gasteiger partial charge in [-0.25, -0.2) is 0 Å². The summed E-state index contributed by atoms with van der Waals surface area (Å²) in [4.78, 5) is 0. The fraction of sp³-hybridized carbons (Fsp3) is 0.960. The molecule has 0 bridgehead atoms. The minimum atomic E-state index is 0. The SMILES string of the molecule is C1CCOC1.[Br-].[CH2-]CC(CCCCCCCC)CCCCCCCCCC.[Mg+2]. The van der Waals surface area contributed by atoms with Crippen LogP contribution >= 0.6 is 0 Å². The van der Waals surface area contributed by atoms with Gasteiger partial charge in [0.1, 0.15) is 0 Å². The smallest absolute Gasteiger partial charge is 1.00 e. The summed E-state index contributed by atoms with van der Waals surface area (Å²) >= 11 is 0. The molecule has 1 rings (SSSR count). The van der Waals surface area contributed by atoms with Crippen LogP contribution in [0, 0.1) is 12.8 Å². The topological polar surface area (TPSA) is 9.23 Å². The minimum absolute atomic E-state index is 0. The molecule has 0 aliphatic carbocycles. The predicted molar refractivity (Wildman–Crippen MR) is 124 cm³/mol. The van der Waals surface area contributed by atoms with Crippen molar-refractivity contribution < 1.29 is 21.7 Å². The van der Waals surface area contributed by atoms with Crippen molar-refractivity contribution >= 4 is 23.1 Å². The molecule has 1 heterocycles. The van der Waals surface area contributed by atoms with Crippen molar-refractivity contribution in [3.63, 3.8) is 0 Å². The maximum Gasteiger partial charge on any atom is 2.00 e. The Morgan fingerprint density at radius 1 is 0.643 bits per heavy atom. The summed E-state index contributed by atoms with van der Waals surface area (Å²) in [6.07, 6.45) is 26.7. The van der Waals surface area contributed by atoms with Gasteiger partial charge in [0, 0.05) is 13.2 Å². The molecule has 28 heavy (non-hydrogen) atoms. The monoisotopic (exact) mass is 470 g/mol. The molecule has 0 N–H and O–H groups in total. The molecular formula is C25H51BrMgO. The molecule has 0 saturated carbocycles. The largest absolute Gasteiger partial charge is 2.00 e. The van der Waals surface area contributed by atoms with E-state index < -0.39 is 0 Å². The van der Waals surface area contributed by atoms with E-state index in [0.29, 0.717) is 0 Å². The van der Waals surface area contributed by atoms with Crippen molar-refractivity contribution in [3.05, 3.63) is 6.92 Å². The Labute approximate surface area is 205 Å². The second-order valence-corrected chi connectivity index (χ2v) is 8.29. The van der Waals surface area contributed by atoms with E-state index in [1.54, 1.807) is 0 Å². The Hall–Kier alpha value is 1.21. The predicted octanol–water partition coefficient (Wildman–Crippen LogP) is 5.53. The van der Waals surface area contributed by atoms with Crippen molar-refractivity contribution in [1.82, 2.24) is 0 Å². The minimum Gasteiger partial charge on any atom is -1.00 e. The number of rotatable bonds is 17. The number of ether oxygens (including phenoxy) is 1. The first-order chi connectivity index (χ1) is 12.8. The van der Waals surface area contributed by atoms with Crippen molar-refractivity contribution in [2.45, 2.75) is 136 Å². The maximum atomic E-state index is 4.94. The summed E-state index contributed by atoms with van der Waals surface area (Å²) in [7, 11) is 0. The summed E-state index contributed by atoms with van der Waals surface area (Å²) in [5.41, 5.74) is 0. The quantitative estimate of drug-likeness (QED) is 0.154. The van der Waals surface area contributed by atoms with Gasteiger partial charge >= 0.3 is 23.1 Å². The van der Waals surface area contributed by atoms with E-state index in [-0.39, 0.29) is 40.0 Å². The standard InChI is InChI=1S/C21H43.C4H8O.BrH.Mg/c1-4-7-9-11-13-14-16-18-20-21(6-3)19-17-15-12-10-8-5-2;1-2-4-5-3-1;;/h21H,3-20H2,1-2H3;1-4H2;1H;/q-1;;;+2/p-1. The number of hydrogen-bond donors (Lipinski definition) is 0. The second-order valence-electron chi connectivity index (χ2n) is 8.29. The van der Waals surface area contributed by atoms with E-state index in [4.69, 9.17) is 4.74 Å². The van der Waals surface area contributed by atoms with Crippen LogP contribution in [0.1, 0.15) is 136 Å². The number of unbranched alkanes of at least 4 members (excludes halogenated alkanes) is 12. The van der Waals surface area contributed by atoms with E-state index >= 15 is 0 Å². The molecule has 1 nitrogen and oxygen atoms in total. The molecule has 0 amide bonds. The van der Waals surface area contributed by atoms with Crippen molar-refractivity contribution in [1.29, 1.82) is 0 Å². The van der Waals surface area contributed by atoms with Crippen LogP contribution in [0.15, 0.2) is 0 Å². The van der Waals surface area contributed by atoms with Crippen LogP contribution in [0.5, 0.6) is 0 Å². The first kappa shape index (κ1) is 33.8. The van der Waals surface area contributed by atoms with E-state index in [1.165, 1.54) is 116 Å². The Bertz CT molecular complexity index is 239. The molecule has 166 valence electrons. The average Bonchev–Trinajstić information content (AvgIpc) is 3.25. The zero-order valence-electron chi connectivity index (χ0n) is 19.6. The van der Waals surface area contributed by atoms with E-state index in [1.807, 2.05) is 0 Å². The molecule has 1 aliphatic rings. The molecule has 1 saturated heterocycles. The fourth-order valence-corrected chi connectivity index (χ4v) is 3.72. The Balaban J connectivity index is -0.000000769. The van der Waals surface area contributed by atoms with Gasteiger partial charge in [0.05, 0.1) is 0 Å². The van der Waals surface area contributed by atoms with Gasteiger partial charge in [-0.3, -0.25) is 0 Å². The molecule has 1 aliphatic heterocycles. The normalized spacial score (nSPS) is 13.8. The molecule has 1 fully saturated rings. The Kier molecular flexibility index (Phi) is 36.7. The van der Waals surface area contributed by atoms with E-state index in [9.17, 15) is 0 Å². The van der Waals surface area contributed by atoms with Crippen LogP contribution in [0.4, 0.5) is 0 Å². The molecule has 0 aromatic rings. The van der Waals surface area contributed by atoms with E-state index in [0.717, 1.165) is 25.6 Å². The summed E-state index contributed by atoms with van der Waals surface area (Å²) in [5, 5.41) is 0. The number of halogens is 1. The van der Waals surface area contributed by atoms with Crippen LogP contribution in [0.25, 0.3) is 0 Å². The summed E-state index contributed by atoms with van der Waals surface area (Å²) < 4.78 is 4.94. The van der Waals surface area contributed by atoms with Gasteiger partial charge in [-0.1, -0.05) is 122 Å². The van der Waals surface area contributed by atoms with Crippen LogP contribution in [-0.4, -0.2) is 36.3 Å². The molecular weight excluding hydrogens is 420 g/mol. The molecule has 1 atom stereocenters. The maximum absolute atomic E-state index is 4.94. The van der Waals surface area contributed by atoms with Crippen LogP contribution in [0.2, 0.25) is 0 Å². The fourth-order valence-electron chi connectivity index (χ4n) is 3.72. The van der Waals surface area contributed by atoms with Gasteiger partial charge in [-0.2, -0.15) is 6.42 Å². The van der Waals surface area contributed by atoms with Gasteiger partial charge in [0.15, 0.2) is 0 Å². The van der Waals surface area contributed by atoms with Crippen molar-refractivity contribution in [3.8, 4) is 0 Å². The summed E-state index contributed by atoms with van der Waals surface area (Å²) in [6, 6.07) is 0. The third-order valence-corrected chi connectivity index (χ3v) is 5.67.